The van der Waals surface area contributed by atoms with Crippen molar-refractivity contribution in [2.45, 2.75) is 45.1 Å². The fourth-order valence-corrected chi connectivity index (χ4v) is 3.70. The zero-order valence-electron chi connectivity index (χ0n) is 16.6. The maximum atomic E-state index is 5.88. The predicted octanol–water partition coefficient (Wildman–Crippen LogP) is 5.27. The van der Waals surface area contributed by atoms with Crippen LogP contribution < -0.4 is 0 Å². The molecule has 1 saturated carbocycles. The van der Waals surface area contributed by atoms with Crippen molar-refractivity contribution in [2.24, 2.45) is 10.1 Å². The van der Waals surface area contributed by atoms with Crippen molar-refractivity contribution in [2.75, 3.05) is 14.1 Å². The van der Waals surface area contributed by atoms with Crippen molar-refractivity contribution >= 4 is 17.7 Å². The highest BCUT2D eigenvalue weighted by Gasteiger charge is 2.31. The molecule has 2 aromatic carbocycles. The van der Waals surface area contributed by atoms with E-state index in [0.717, 1.165) is 23.4 Å². The summed E-state index contributed by atoms with van der Waals surface area (Å²) in [6.07, 6.45) is 5.23. The van der Waals surface area contributed by atoms with Crippen molar-refractivity contribution in [1.82, 2.24) is 4.90 Å². The summed E-state index contributed by atoms with van der Waals surface area (Å²) >= 11 is 0. The van der Waals surface area contributed by atoms with Gasteiger partial charge in [0.2, 0.25) is 0 Å². The van der Waals surface area contributed by atoms with Gasteiger partial charge < -0.3 is 9.74 Å². The minimum atomic E-state index is -0.0159. The van der Waals surface area contributed by atoms with E-state index in [9.17, 15) is 0 Å². The number of benzene rings is 2. The van der Waals surface area contributed by atoms with Crippen LogP contribution in [0.5, 0.6) is 0 Å². The van der Waals surface area contributed by atoms with E-state index in [0.29, 0.717) is 5.92 Å². The van der Waals surface area contributed by atoms with Crippen LogP contribution >= 0.6 is 0 Å². The van der Waals surface area contributed by atoms with Gasteiger partial charge in [0.15, 0.2) is 6.10 Å². The molecule has 1 aliphatic heterocycles. The highest BCUT2D eigenvalue weighted by atomic mass is 16.6. The van der Waals surface area contributed by atoms with Crippen LogP contribution in [-0.2, 0) is 4.84 Å². The zero-order valence-corrected chi connectivity index (χ0v) is 16.6. The van der Waals surface area contributed by atoms with E-state index in [-0.39, 0.29) is 6.10 Å². The first-order valence-corrected chi connectivity index (χ1v) is 9.66. The minimum Gasteiger partial charge on any atom is -0.387 e. The van der Waals surface area contributed by atoms with E-state index in [2.05, 4.69) is 60.4 Å². The topological polar surface area (TPSA) is 37.2 Å². The molecule has 0 N–H and O–H groups in total. The van der Waals surface area contributed by atoms with Gasteiger partial charge in [-0.1, -0.05) is 29.4 Å². The monoisotopic (exact) mass is 361 g/mol. The molecule has 140 valence electrons. The molecular weight excluding hydrogens is 334 g/mol. The minimum absolute atomic E-state index is 0.0159. The molecular formula is C23H27N3O. The third-order valence-electron chi connectivity index (χ3n) is 5.32. The molecule has 0 bridgehead atoms. The van der Waals surface area contributed by atoms with Gasteiger partial charge in [-0.05, 0) is 67.0 Å². The first-order valence-electron chi connectivity index (χ1n) is 9.66. The summed E-state index contributed by atoms with van der Waals surface area (Å²) in [7, 11) is 3.95. The Morgan fingerprint density at radius 2 is 1.85 bits per heavy atom. The summed E-state index contributed by atoms with van der Waals surface area (Å²) in [4.78, 5) is 12.4. The lowest BCUT2D eigenvalue weighted by Crippen LogP contribution is -2.07. The average Bonchev–Trinajstić information content (AvgIpc) is 3.39. The van der Waals surface area contributed by atoms with Crippen molar-refractivity contribution < 1.29 is 4.84 Å². The number of aryl methyl sites for hydroxylation is 2. The van der Waals surface area contributed by atoms with Crippen molar-refractivity contribution in [3.05, 3.63) is 64.2 Å². The largest absolute Gasteiger partial charge is 0.387 e. The summed E-state index contributed by atoms with van der Waals surface area (Å²) in [6.45, 7) is 4.23. The Kier molecular flexibility index (Phi) is 4.73. The third kappa shape index (κ3) is 3.75. The molecule has 27 heavy (non-hydrogen) atoms. The molecule has 0 aromatic heterocycles. The van der Waals surface area contributed by atoms with Gasteiger partial charge in [-0.15, -0.1) is 0 Å². The molecule has 2 aromatic rings. The van der Waals surface area contributed by atoms with Gasteiger partial charge >= 0.3 is 0 Å². The Labute approximate surface area is 161 Å². The number of hydrogen-bond acceptors (Lipinski definition) is 3. The van der Waals surface area contributed by atoms with Crippen LogP contribution in [0.25, 0.3) is 0 Å². The molecule has 4 nitrogen and oxygen atoms in total. The predicted molar refractivity (Wildman–Crippen MR) is 111 cm³/mol. The summed E-state index contributed by atoms with van der Waals surface area (Å²) in [6, 6.07) is 13.0. The van der Waals surface area contributed by atoms with Gasteiger partial charge in [0.1, 0.15) is 0 Å². The number of nitrogens with zero attached hydrogens (tertiary/aromatic N) is 3. The molecule has 0 radical (unpaired) electrons. The summed E-state index contributed by atoms with van der Waals surface area (Å²) < 4.78 is 0. The van der Waals surface area contributed by atoms with Crippen molar-refractivity contribution in [1.29, 1.82) is 0 Å². The lowest BCUT2D eigenvalue weighted by atomic mass is 9.92. The van der Waals surface area contributed by atoms with Gasteiger partial charge in [0, 0.05) is 26.1 Å². The molecule has 0 saturated heterocycles. The Morgan fingerprint density at radius 3 is 2.59 bits per heavy atom. The second kappa shape index (κ2) is 7.18. The van der Waals surface area contributed by atoms with Crippen LogP contribution in [0.15, 0.2) is 46.5 Å². The van der Waals surface area contributed by atoms with E-state index in [1.165, 1.54) is 35.1 Å². The van der Waals surface area contributed by atoms with E-state index >= 15 is 0 Å². The highest BCUT2D eigenvalue weighted by molar-refractivity contribution is 6.02. The average molecular weight is 361 g/mol. The van der Waals surface area contributed by atoms with Crippen LogP contribution in [0.4, 0.5) is 5.69 Å². The molecule has 1 fully saturated rings. The second-order valence-electron chi connectivity index (χ2n) is 7.90. The Balaban J connectivity index is 1.56. The molecule has 0 amide bonds. The molecule has 1 unspecified atom stereocenters. The molecule has 4 rings (SSSR count). The van der Waals surface area contributed by atoms with Gasteiger partial charge in [-0.3, -0.25) is 0 Å². The fraction of sp³-hybridized carbons (Fsp3) is 0.391. The lowest BCUT2D eigenvalue weighted by Gasteiger charge is -2.15. The Hall–Kier alpha value is -2.62. The zero-order chi connectivity index (χ0) is 19.0. The summed E-state index contributed by atoms with van der Waals surface area (Å²) in [5.41, 5.74) is 8.34. The van der Waals surface area contributed by atoms with Crippen LogP contribution in [0.2, 0.25) is 0 Å². The molecule has 1 atom stereocenters. The number of aliphatic imine (C=N–C) groups is 1. The molecule has 1 heterocycles. The van der Waals surface area contributed by atoms with E-state index in [4.69, 9.17) is 4.84 Å². The highest BCUT2D eigenvalue weighted by Crippen LogP contribution is 2.43. The van der Waals surface area contributed by atoms with Crippen molar-refractivity contribution in [3.63, 3.8) is 0 Å². The number of hydrogen-bond donors (Lipinski definition) is 0. The molecule has 2 aliphatic rings. The SMILES string of the molecule is Cc1cc(C2CC(c3ccccc3C3CC3)=NO2)c(C)cc1N=CN(C)C. The first kappa shape index (κ1) is 17.8. The second-order valence-corrected chi connectivity index (χ2v) is 7.90. The Morgan fingerprint density at radius 1 is 1.07 bits per heavy atom. The first-order chi connectivity index (χ1) is 13.0. The van der Waals surface area contributed by atoms with Crippen molar-refractivity contribution in [3.8, 4) is 0 Å². The third-order valence-corrected chi connectivity index (χ3v) is 5.32. The molecule has 1 aliphatic carbocycles. The van der Waals surface area contributed by atoms with Crippen LogP contribution in [0.3, 0.4) is 0 Å². The number of oxime groups is 1. The fourth-order valence-electron chi connectivity index (χ4n) is 3.70. The standard InChI is InChI=1S/C23H27N3O/c1-15-12-21(24-14-26(3)4)16(2)11-20(15)23-13-22(25-27-23)19-8-6-5-7-18(19)17-9-10-17/h5-8,11-12,14,17,23H,9-10,13H2,1-4H3. The summed E-state index contributed by atoms with van der Waals surface area (Å²) in [5.74, 6) is 0.709. The Bertz CT molecular complexity index is 910. The smallest absolute Gasteiger partial charge is 0.158 e. The maximum Gasteiger partial charge on any atom is 0.158 e. The summed E-state index contributed by atoms with van der Waals surface area (Å²) in [5, 5.41) is 4.47. The number of rotatable bonds is 5. The van der Waals surface area contributed by atoms with Crippen LogP contribution in [0, 0.1) is 13.8 Å². The lowest BCUT2D eigenvalue weighted by molar-refractivity contribution is 0.0852. The van der Waals surface area contributed by atoms with E-state index < -0.39 is 0 Å². The van der Waals surface area contributed by atoms with Crippen LogP contribution in [0.1, 0.15) is 59.1 Å². The van der Waals surface area contributed by atoms with Gasteiger partial charge in [0.05, 0.1) is 17.7 Å². The normalized spacial score (nSPS) is 19.3. The van der Waals surface area contributed by atoms with E-state index in [1.54, 1.807) is 0 Å². The quantitative estimate of drug-likeness (QED) is 0.537. The van der Waals surface area contributed by atoms with Gasteiger partial charge in [0.25, 0.3) is 0 Å². The van der Waals surface area contributed by atoms with Gasteiger partial charge in [-0.25, -0.2) is 4.99 Å². The maximum absolute atomic E-state index is 5.88. The van der Waals surface area contributed by atoms with Gasteiger partial charge in [-0.2, -0.15) is 0 Å². The van der Waals surface area contributed by atoms with Crippen LogP contribution in [-0.4, -0.2) is 31.0 Å². The molecule has 4 heteroatoms. The van der Waals surface area contributed by atoms with E-state index in [1.807, 2.05) is 25.3 Å². The molecule has 0 spiro atoms.